The average Bonchev–Trinajstić information content (AvgIpc) is 2.79. The highest BCUT2D eigenvalue weighted by molar-refractivity contribution is 7.11. The van der Waals surface area contributed by atoms with Gasteiger partial charge in [0.2, 0.25) is 0 Å². The van der Waals surface area contributed by atoms with Crippen molar-refractivity contribution in [1.29, 1.82) is 0 Å². The van der Waals surface area contributed by atoms with Crippen LogP contribution in [0.25, 0.3) is 0 Å². The van der Waals surface area contributed by atoms with Crippen LogP contribution in [0.3, 0.4) is 0 Å². The Morgan fingerprint density at radius 2 is 1.81 bits per heavy atom. The molecule has 3 rings (SSSR count). The summed E-state index contributed by atoms with van der Waals surface area (Å²) in [6.45, 7) is 4.92. The van der Waals surface area contributed by atoms with E-state index in [0.717, 1.165) is 31.7 Å². The van der Waals surface area contributed by atoms with E-state index in [1.807, 2.05) is 0 Å². The van der Waals surface area contributed by atoms with Crippen LogP contribution in [0.4, 0.5) is 5.69 Å². The molecule has 0 saturated carbocycles. The van der Waals surface area contributed by atoms with Crippen LogP contribution in [0.2, 0.25) is 4.34 Å². The lowest BCUT2D eigenvalue weighted by Gasteiger charge is -2.34. The zero-order chi connectivity index (χ0) is 14.8. The lowest BCUT2D eigenvalue weighted by atomic mass is 10.2. The van der Waals surface area contributed by atoms with E-state index in [1.165, 1.54) is 23.3 Å². The van der Waals surface area contributed by atoms with E-state index in [-0.39, 0.29) is 5.56 Å². The Bertz CT molecular complexity index is 656. The number of piperazine rings is 1. The molecule has 0 radical (unpaired) electrons. The number of aromatic nitrogens is 1. The van der Waals surface area contributed by atoms with E-state index in [9.17, 15) is 4.79 Å². The Labute approximate surface area is 133 Å². The smallest absolute Gasteiger partial charge is 0.262 e. The molecule has 1 aliphatic rings. The Morgan fingerprint density at radius 1 is 1.14 bits per heavy atom. The van der Waals surface area contributed by atoms with Crippen LogP contribution in [0, 0.1) is 0 Å². The predicted octanol–water partition coefficient (Wildman–Crippen LogP) is 2.36. The summed E-state index contributed by atoms with van der Waals surface area (Å²) < 4.78 is 2.21. The third-order valence-corrected chi connectivity index (χ3v) is 4.95. The van der Waals surface area contributed by atoms with Crippen molar-refractivity contribution in [3.8, 4) is 0 Å². The topological polar surface area (TPSA) is 28.5 Å². The van der Waals surface area contributed by atoms with Crippen LogP contribution < -0.4 is 10.5 Å². The lowest BCUT2D eigenvalue weighted by Crippen LogP contribution is -2.44. The quantitative estimate of drug-likeness (QED) is 0.868. The highest BCUT2D eigenvalue weighted by Crippen LogP contribution is 2.19. The first-order chi connectivity index (χ1) is 10.1. The van der Waals surface area contributed by atoms with Crippen molar-refractivity contribution in [1.82, 2.24) is 8.86 Å². The molecule has 0 aliphatic carbocycles. The van der Waals surface area contributed by atoms with E-state index >= 15 is 0 Å². The minimum absolute atomic E-state index is 0.0341. The molecule has 6 heteroatoms. The van der Waals surface area contributed by atoms with Gasteiger partial charge >= 0.3 is 0 Å². The number of benzene rings is 1. The Kier molecular flexibility index (Phi) is 4.33. The van der Waals surface area contributed by atoms with Crippen LogP contribution >= 0.6 is 23.1 Å². The molecule has 0 unspecified atom stereocenters. The van der Waals surface area contributed by atoms with Gasteiger partial charge in [-0.1, -0.05) is 23.7 Å². The van der Waals surface area contributed by atoms with Crippen molar-refractivity contribution in [2.75, 3.05) is 38.1 Å². The third kappa shape index (κ3) is 3.48. The Morgan fingerprint density at radius 3 is 2.38 bits per heavy atom. The van der Waals surface area contributed by atoms with Crippen LogP contribution in [-0.2, 0) is 6.54 Å². The minimum atomic E-state index is -0.0341. The molecule has 2 heterocycles. The summed E-state index contributed by atoms with van der Waals surface area (Å²) in [6, 6.07) is 9.92. The molecule has 0 spiro atoms. The number of anilines is 1. The van der Waals surface area contributed by atoms with E-state index in [1.54, 1.807) is 3.96 Å². The standard InChI is InChI=1S/C15H18ClN3OS/c1-17-6-8-18(9-7-17)13-4-2-12(3-5-13)11-19-15(20)10-14(16)21-19/h2-5,10H,6-9,11H2,1H3. The molecule has 0 atom stereocenters. The number of hydrogen-bond acceptors (Lipinski definition) is 4. The maximum absolute atomic E-state index is 11.7. The van der Waals surface area contributed by atoms with Crippen LogP contribution in [0.15, 0.2) is 35.1 Å². The summed E-state index contributed by atoms with van der Waals surface area (Å²) in [5.41, 5.74) is 2.34. The summed E-state index contributed by atoms with van der Waals surface area (Å²) in [6.07, 6.45) is 0. The van der Waals surface area contributed by atoms with Gasteiger partial charge in [0.25, 0.3) is 5.56 Å². The monoisotopic (exact) mass is 323 g/mol. The summed E-state index contributed by atoms with van der Waals surface area (Å²) in [7, 11) is 2.16. The van der Waals surface area contributed by atoms with Gasteiger partial charge in [-0.3, -0.25) is 8.75 Å². The molecule has 1 saturated heterocycles. The fraction of sp³-hybridized carbons (Fsp3) is 0.400. The summed E-state index contributed by atoms with van der Waals surface area (Å²) in [5, 5.41) is 0. The van der Waals surface area contributed by atoms with Crippen molar-refractivity contribution in [2.24, 2.45) is 0 Å². The van der Waals surface area contributed by atoms with Crippen LogP contribution in [0.1, 0.15) is 5.56 Å². The second kappa shape index (κ2) is 6.22. The van der Waals surface area contributed by atoms with Crippen LogP contribution in [0.5, 0.6) is 0 Å². The third-order valence-electron chi connectivity index (χ3n) is 3.81. The number of nitrogens with zero attached hydrogens (tertiary/aromatic N) is 3. The van der Waals surface area contributed by atoms with Crippen molar-refractivity contribution in [3.05, 3.63) is 50.6 Å². The molecule has 0 bridgehead atoms. The van der Waals surface area contributed by atoms with Gasteiger partial charge in [0.05, 0.1) is 6.54 Å². The SMILES string of the molecule is CN1CCN(c2ccc(Cn3sc(Cl)cc3=O)cc2)CC1. The number of hydrogen-bond donors (Lipinski definition) is 0. The maximum atomic E-state index is 11.7. The zero-order valence-corrected chi connectivity index (χ0v) is 13.5. The predicted molar refractivity (Wildman–Crippen MR) is 88.8 cm³/mol. The van der Waals surface area contributed by atoms with Crippen molar-refractivity contribution >= 4 is 28.8 Å². The van der Waals surface area contributed by atoms with Crippen LogP contribution in [-0.4, -0.2) is 42.1 Å². The largest absolute Gasteiger partial charge is 0.369 e. The normalized spacial score (nSPS) is 16.4. The van der Waals surface area contributed by atoms with Gasteiger partial charge in [0.1, 0.15) is 4.34 Å². The van der Waals surface area contributed by atoms with Crippen molar-refractivity contribution in [2.45, 2.75) is 6.54 Å². The summed E-state index contributed by atoms with van der Waals surface area (Å²) >= 11 is 7.15. The first kappa shape index (κ1) is 14.6. The van der Waals surface area contributed by atoms with E-state index < -0.39 is 0 Å². The number of halogens is 1. The fourth-order valence-electron chi connectivity index (χ4n) is 2.50. The molecule has 2 aromatic rings. The average molecular weight is 324 g/mol. The molecule has 1 fully saturated rings. The maximum Gasteiger partial charge on any atom is 0.262 e. The second-order valence-electron chi connectivity index (χ2n) is 5.37. The van der Waals surface area contributed by atoms with Gasteiger partial charge < -0.3 is 9.80 Å². The molecule has 1 aromatic heterocycles. The zero-order valence-electron chi connectivity index (χ0n) is 12.0. The van der Waals surface area contributed by atoms with E-state index in [0.29, 0.717) is 10.9 Å². The number of likely N-dealkylation sites (N-methyl/N-ethyl adjacent to an activating group) is 1. The van der Waals surface area contributed by atoms with E-state index in [4.69, 9.17) is 11.6 Å². The molecule has 4 nitrogen and oxygen atoms in total. The van der Waals surface area contributed by atoms with Gasteiger partial charge in [-0.05, 0) is 36.3 Å². The Hall–Kier alpha value is -1.30. The van der Waals surface area contributed by atoms with Gasteiger partial charge in [0, 0.05) is 37.9 Å². The van der Waals surface area contributed by atoms with Crippen molar-refractivity contribution in [3.63, 3.8) is 0 Å². The first-order valence-electron chi connectivity index (χ1n) is 7.01. The lowest BCUT2D eigenvalue weighted by molar-refractivity contribution is 0.313. The highest BCUT2D eigenvalue weighted by atomic mass is 35.5. The molecule has 0 N–H and O–H groups in total. The first-order valence-corrected chi connectivity index (χ1v) is 8.16. The number of rotatable bonds is 3. The highest BCUT2D eigenvalue weighted by Gasteiger charge is 2.14. The van der Waals surface area contributed by atoms with E-state index in [2.05, 4.69) is 41.1 Å². The molecular formula is C15H18ClN3OS. The Balaban J connectivity index is 1.69. The molecule has 0 amide bonds. The van der Waals surface area contributed by atoms with Crippen molar-refractivity contribution < 1.29 is 0 Å². The molecule has 1 aliphatic heterocycles. The molecule has 21 heavy (non-hydrogen) atoms. The van der Waals surface area contributed by atoms with Gasteiger partial charge in [0.15, 0.2) is 0 Å². The van der Waals surface area contributed by atoms with Gasteiger partial charge in [-0.15, -0.1) is 0 Å². The second-order valence-corrected chi connectivity index (χ2v) is 7.07. The van der Waals surface area contributed by atoms with Gasteiger partial charge in [-0.2, -0.15) is 0 Å². The summed E-state index contributed by atoms with van der Waals surface area (Å²) in [5.74, 6) is 0. The molecule has 1 aromatic carbocycles. The summed E-state index contributed by atoms with van der Waals surface area (Å²) in [4.78, 5) is 16.4. The fourth-order valence-corrected chi connectivity index (χ4v) is 3.56. The molecular weight excluding hydrogens is 306 g/mol. The van der Waals surface area contributed by atoms with Gasteiger partial charge in [-0.25, -0.2) is 0 Å². The molecule has 112 valence electrons. The minimum Gasteiger partial charge on any atom is -0.369 e.